The lowest BCUT2D eigenvalue weighted by Crippen LogP contribution is -2.23. The van der Waals surface area contributed by atoms with E-state index in [0.29, 0.717) is 18.1 Å². The van der Waals surface area contributed by atoms with Gasteiger partial charge in [-0.25, -0.2) is 4.79 Å². The number of halogens is 2. The summed E-state index contributed by atoms with van der Waals surface area (Å²) in [4.78, 5) is 11.9. The van der Waals surface area contributed by atoms with Gasteiger partial charge in [0.25, 0.3) is 0 Å². The standard InChI is InChI=1S/C12H12BrClN2O/c1-2-15-5-6-16(12(15)17)8-9-3-4-10(13)7-11(9)14/h3-7H,2,8H2,1H3. The number of nitrogens with zero attached hydrogens (tertiary/aromatic N) is 2. The van der Waals surface area contributed by atoms with E-state index in [1.54, 1.807) is 21.5 Å². The van der Waals surface area contributed by atoms with E-state index < -0.39 is 0 Å². The normalized spacial score (nSPS) is 10.8. The van der Waals surface area contributed by atoms with E-state index in [1.807, 2.05) is 25.1 Å². The molecule has 0 N–H and O–H groups in total. The van der Waals surface area contributed by atoms with E-state index in [9.17, 15) is 4.79 Å². The van der Waals surface area contributed by atoms with Crippen LogP contribution < -0.4 is 5.69 Å². The van der Waals surface area contributed by atoms with Crippen molar-refractivity contribution in [2.75, 3.05) is 0 Å². The Morgan fingerprint density at radius 1 is 1.29 bits per heavy atom. The highest BCUT2D eigenvalue weighted by molar-refractivity contribution is 9.10. The quantitative estimate of drug-likeness (QED) is 0.855. The second-order valence-corrected chi connectivity index (χ2v) is 5.05. The van der Waals surface area contributed by atoms with Gasteiger partial charge in [-0.2, -0.15) is 0 Å². The minimum absolute atomic E-state index is 0.00788. The number of imidazole rings is 1. The number of aromatic nitrogens is 2. The molecule has 2 aromatic rings. The summed E-state index contributed by atoms with van der Waals surface area (Å²) in [5, 5.41) is 0.663. The maximum atomic E-state index is 11.9. The van der Waals surface area contributed by atoms with Crippen molar-refractivity contribution in [2.45, 2.75) is 20.0 Å². The first-order valence-electron chi connectivity index (χ1n) is 5.31. The van der Waals surface area contributed by atoms with Crippen molar-refractivity contribution in [1.82, 2.24) is 9.13 Å². The first-order chi connectivity index (χ1) is 8.11. The first kappa shape index (κ1) is 12.5. The fraction of sp³-hybridized carbons (Fsp3) is 0.250. The molecule has 1 aromatic heterocycles. The van der Waals surface area contributed by atoms with Gasteiger partial charge in [-0.1, -0.05) is 33.6 Å². The van der Waals surface area contributed by atoms with E-state index in [2.05, 4.69) is 15.9 Å². The predicted molar refractivity (Wildman–Crippen MR) is 72.6 cm³/mol. The lowest BCUT2D eigenvalue weighted by atomic mass is 10.2. The summed E-state index contributed by atoms with van der Waals surface area (Å²) < 4.78 is 4.25. The van der Waals surface area contributed by atoms with E-state index >= 15 is 0 Å². The molecule has 0 aliphatic rings. The topological polar surface area (TPSA) is 26.9 Å². The van der Waals surface area contributed by atoms with Crippen LogP contribution in [-0.2, 0) is 13.1 Å². The van der Waals surface area contributed by atoms with Gasteiger partial charge in [-0.15, -0.1) is 0 Å². The molecule has 0 radical (unpaired) electrons. The third-order valence-electron chi connectivity index (χ3n) is 2.61. The first-order valence-corrected chi connectivity index (χ1v) is 6.48. The highest BCUT2D eigenvalue weighted by Crippen LogP contribution is 2.21. The van der Waals surface area contributed by atoms with Crippen LogP contribution in [0, 0.1) is 0 Å². The lowest BCUT2D eigenvalue weighted by molar-refractivity contribution is 0.668. The van der Waals surface area contributed by atoms with Crippen LogP contribution in [0.1, 0.15) is 12.5 Å². The average molecular weight is 316 g/mol. The van der Waals surface area contributed by atoms with Gasteiger partial charge < -0.3 is 0 Å². The molecule has 5 heteroatoms. The summed E-state index contributed by atoms with van der Waals surface area (Å²) in [7, 11) is 0. The van der Waals surface area contributed by atoms with Crippen molar-refractivity contribution < 1.29 is 0 Å². The van der Waals surface area contributed by atoms with Gasteiger partial charge in [0.2, 0.25) is 0 Å². The van der Waals surface area contributed by atoms with Crippen LogP contribution in [-0.4, -0.2) is 9.13 Å². The Balaban J connectivity index is 2.31. The van der Waals surface area contributed by atoms with Crippen LogP contribution in [0.25, 0.3) is 0 Å². The molecule has 17 heavy (non-hydrogen) atoms. The molecule has 0 bridgehead atoms. The number of hydrogen-bond acceptors (Lipinski definition) is 1. The zero-order chi connectivity index (χ0) is 12.4. The van der Waals surface area contributed by atoms with Gasteiger partial charge >= 0.3 is 5.69 Å². The van der Waals surface area contributed by atoms with Crippen molar-refractivity contribution >= 4 is 27.5 Å². The molecule has 0 aliphatic carbocycles. The van der Waals surface area contributed by atoms with Gasteiger partial charge in [0.1, 0.15) is 0 Å². The smallest absolute Gasteiger partial charge is 0.300 e. The zero-order valence-corrected chi connectivity index (χ0v) is 11.7. The Morgan fingerprint density at radius 3 is 2.59 bits per heavy atom. The van der Waals surface area contributed by atoms with E-state index in [1.165, 1.54) is 0 Å². The van der Waals surface area contributed by atoms with Crippen molar-refractivity contribution in [3.8, 4) is 0 Å². The summed E-state index contributed by atoms with van der Waals surface area (Å²) in [6, 6.07) is 5.67. The fourth-order valence-corrected chi connectivity index (χ4v) is 2.38. The summed E-state index contributed by atoms with van der Waals surface area (Å²) in [6.45, 7) is 3.12. The second-order valence-electron chi connectivity index (χ2n) is 3.73. The molecule has 0 aliphatic heterocycles. The molecule has 0 amide bonds. The fourth-order valence-electron chi connectivity index (χ4n) is 1.65. The second kappa shape index (κ2) is 5.10. The van der Waals surface area contributed by atoms with Gasteiger partial charge in [0.05, 0.1) is 6.54 Å². The van der Waals surface area contributed by atoms with Crippen LogP contribution in [0.4, 0.5) is 0 Å². The zero-order valence-electron chi connectivity index (χ0n) is 9.36. The summed E-state index contributed by atoms with van der Waals surface area (Å²) in [6.07, 6.45) is 3.57. The Kier molecular flexibility index (Phi) is 3.74. The van der Waals surface area contributed by atoms with Crippen molar-refractivity contribution in [3.63, 3.8) is 0 Å². The molecule has 0 atom stereocenters. The third-order valence-corrected chi connectivity index (χ3v) is 3.46. The summed E-state index contributed by atoms with van der Waals surface area (Å²) in [5.74, 6) is 0. The number of rotatable bonds is 3. The Bertz CT molecular complexity index is 588. The molecule has 0 saturated heterocycles. The van der Waals surface area contributed by atoms with E-state index in [4.69, 9.17) is 11.6 Å². The lowest BCUT2D eigenvalue weighted by Gasteiger charge is -2.05. The van der Waals surface area contributed by atoms with Crippen LogP contribution in [0.5, 0.6) is 0 Å². The van der Waals surface area contributed by atoms with Gasteiger partial charge in [-0.3, -0.25) is 9.13 Å². The van der Waals surface area contributed by atoms with Crippen LogP contribution >= 0.6 is 27.5 Å². The SMILES string of the molecule is CCn1ccn(Cc2ccc(Br)cc2Cl)c1=O. The van der Waals surface area contributed by atoms with Gasteiger partial charge in [-0.05, 0) is 24.6 Å². The predicted octanol–water partition coefficient (Wildman–Crippen LogP) is 3.13. The summed E-state index contributed by atoms with van der Waals surface area (Å²) in [5.41, 5.74) is 0.928. The molecular weight excluding hydrogens is 304 g/mol. The van der Waals surface area contributed by atoms with Gasteiger partial charge in [0.15, 0.2) is 0 Å². The number of hydrogen-bond donors (Lipinski definition) is 0. The molecule has 1 aromatic carbocycles. The molecule has 2 rings (SSSR count). The van der Waals surface area contributed by atoms with Crippen LogP contribution in [0.15, 0.2) is 39.9 Å². The minimum Gasteiger partial charge on any atom is -0.300 e. The van der Waals surface area contributed by atoms with Crippen molar-refractivity contribution in [3.05, 3.63) is 56.1 Å². The van der Waals surface area contributed by atoms with Gasteiger partial charge in [0, 0.05) is 28.4 Å². The molecule has 0 unspecified atom stereocenters. The summed E-state index contributed by atoms with van der Waals surface area (Å²) >= 11 is 9.47. The monoisotopic (exact) mass is 314 g/mol. The Morgan fingerprint density at radius 2 is 2.00 bits per heavy atom. The third kappa shape index (κ3) is 2.64. The molecule has 90 valence electrons. The maximum absolute atomic E-state index is 11.9. The Hall–Kier alpha value is -1.00. The largest absolute Gasteiger partial charge is 0.328 e. The molecular formula is C12H12BrClN2O. The number of aryl methyl sites for hydroxylation is 1. The molecule has 3 nitrogen and oxygen atoms in total. The maximum Gasteiger partial charge on any atom is 0.328 e. The number of benzene rings is 1. The molecule has 0 saturated carbocycles. The Labute approximate surface area is 113 Å². The molecule has 1 heterocycles. The molecule has 0 fully saturated rings. The molecule has 0 spiro atoms. The van der Waals surface area contributed by atoms with Crippen LogP contribution in [0.3, 0.4) is 0 Å². The minimum atomic E-state index is -0.00788. The van der Waals surface area contributed by atoms with E-state index in [-0.39, 0.29) is 5.69 Å². The van der Waals surface area contributed by atoms with E-state index in [0.717, 1.165) is 10.0 Å². The highest BCUT2D eigenvalue weighted by Gasteiger charge is 2.05. The van der Waals surface area contributed by atoms with Crippen molar-refractivity contribution in [2.24, 2.45) is 0 Å². The van der Waals surface area contributed by atoms with Crippen LogP contribution in [0.2, 0.25) is 5.02 Å². The highest BCUT2D eigenvalue weighted by atomic mass is 79.9. The van der Waals surface area contributed by atoms with Crippen molar-refractivity contribution in [1.29, 1.82) is 0 Å². The average Bonchev–Trinajstić information content (AvgIpc) is 2.64.